The molecule has 0 spiro atoms. The minimum atomic E-state index is -0.462. The zero-order valence-corrected chi connectivity index (χ0v) is 14.2. The Bertz CT molecular complexity index is 725. The lowest BCUT2D eigenvalue weighted by Crippen LogP contribution is -2.32. The van der Waals surface area contributed by atoms with Crippen molar-refractivity contribution in [2.75, 3.05) is 0 Å². The van der Waals surface area contributed by atoms with Gasteiger partial charge in [-0.1, -0.05) is 43.7 Å². The van der Waals surface area contributed by atoms with Crippen LogP contribution in [0, 0.1) is 24.0 Å². The van der Waals surface area contributed by atoms with Crippen molar-refractivity contribution < 1.29 is 9.72 Å². The van der Waals surface area contributed by atoms with Gasteiger partial charge in [0.2, 0.25) is 5.91 Å². The summed E-state index contributed by atoms with van der Waals surface area (Å²) in [4.78, 5) is 23.0. The van der Waals surface area contributed by atoms with Gasteiger partial charge in [-0.2, -0.15) is 5.10 Å². The van der Waals surface area contributed by atoms with Gasteiger partial charge < -0.3 is 5.32 Å². The SMILES string of the molecule is CCC[C@@H](NC(=O)Cn1nc(C)c([N+](=O)[O-])c1C)c1ccccc1. The lowest BCUT2D eigenvalue weighted by atomic mass is 10.0. The average Bonchev–Trinajstić information content (AvgIpc) is 2.81. The maximum atomic E-state index is 12.4. The molecule has 0 aliphatic rings. The molecule has 1 atom stereocenters. The Balaban J connectivity index is 2.12. The monoisotopic (exact) mass is 330 g/mol. The van der Waals surface area contributed by atoms with Crippen molar-refractivity contribution in [3.63, 3.8) is 0 Å². The molecular weight excluding hydrogens is 308 g/mol. The van der Waals surface area contributed by atoms with Crippen molar-refractivity contribution in [2.45, 2.75) is 46.2 Å². The van der Waals surface area contributed by atoms with Crippen molar-refractivity contribution in [1.82, 2.24) is 15.1 Å². The second-order valence-electron chi connectivity index (χ2n) is 5.75. The van der Waals surface area contributed by atoms with Gasteiger partial charge in [-0.25, -0.2) is 0 Å². The number of aromatic nitrogens is 2. The number of nitrogens with one attached hydrogen (secondary N) is 1. The highest BCUT2D eigenvalue weighted by Gasteiger charge is 2.23. The average molecular weight is 330 g/mol. The first-order chi connectivity index (χ1) is 11.4. The largest absolute Gasteiger partial charge is 0.348 e. The third-order valence-electron chi connectivity index (χ3n) is 3.93. The predicted octanol–water partition coefficient (Wildman–Crippen LogP) is 3.07. The summed E-state index contributed by atoms with van der Waals surface area (Å²) in [6.45, 7) is 5.20. The van der Waals surface area contributed by atoms with Crippen LogP contribution >= 0.6 is 0 Å². The minimum Gasteiger partial charge on any atom is -0.348 e. The molecule has 7 heteroatoms. The molecule has 0 saturated carbocycles. The Morgan fingerprint density at radius 3 is 2.54 bits per heavy atom. The number of aryl methyl sites for hydroxylation is 1. The van der Waals surface area contributed by atoms with Crippen LogP contribution in [0.25, 0.3) is 0 Å². The second-order valence-corrected chi connectivity index (χ2v) is 5.75. The van der Waals surface area contributed by atoms with Crippen LogP contribution in [0.5, 0.6) is 0 Å². The molecule has 1 amide bonds. The van der Waals surface area contributed by atoms with Crippen LogP contribution < -0.4 is 5.32 Å². The highest BCUT2D eigenvalue weighted by Crippen LogP contribution is 2.22. The van der Waals surface area contributed by atoms with E-state index in [4.69, 9.17) is 0 Å². The fraction of sp³-hybridized carbons (Fsp3) is 0.412. The maximum Gasteiger partial charge on any atom is 0.312 e. The first-order valence-corrected chi connectivity index (χ1v) is 7.96. The Morgan fingerprint density at radius 2 is 2.00 bits per heavy atom. The Kier molecular flexibility index (Phi) is 5.68. The molecule has 1 aromatic heterocycles. The predicted molar refractivity (Wildman–Crippen MR) is 90.6 cm³/mol. The van der Waals surface area contributed by atoms with E-state index >= 15 is 0 Å². The molecule has 24 heavy (non-hydrogen) atoms. The molecule has 0 unspecified atom stereocenters. The van der Waals surface area contributed by atoms with Crippen molar-refractivity contribution in [1.29, 1.82) is 0 Å². The zero-order valence-electron chi connectivity index (χ0n) is 14.2. The van der Waals surface area contributed by atoms with E-state index in [-0.39, 0.29) is 24.2 Å². The summed E-state index contributed by atoms with van der Waals surface area (Å²) < 4.78 is 1.39. The van der Waals surface area contributed by atoms with Crippen molar-refractivity contribution in [3.05, 3.63) is 57.4 Å². The highest BCUT2D eigenvalue weighted by atomic mass is 16.6. The molecule has 1 aromatic carbocycles. The lowest BCUT2D eigenvalue weighted by Gasteiger charge is -2.18. The second kappa shape index (κ2) is 7.72. The van der Waals surface area contributed by atoms with Gasteiger partial charge in [0.05, 0.1) is 11.0 Å². The lowest BCUT2D eigenvalue weighted by molar-refractivity contribution is -0.386. The Hall–Kier alpha value is -2.70. The van der Waals surface area contributed by atoms with Crippen molar-refractivity contribution in [2.24, 2.45) is 0 Å². The van der Waals surface area contributed by atoms with E-state index < -0.39 is 4.92 Å². The molecule has 7 nitrogen and oxygen atoms in total. The van der Waals surface area contributed by atoms with E-state index in [0.29, 0.717) is 11.4 Å². The van der Waals surface area contributed by atoms with E-state index in [1.54, 1.807) is 13.8 Å². The van der Waals surface area contributed by atoms with Crippen LogP contribution in [0.1, 0.15) is 42.8 Å². The van der Waals surface area contributed by atoms with E-state index in [1.165, 1.54) is 4.68 Å². The van der Waals surface area contributed by atoms with Gasteiger partial charge in [-0.05, 0) is 25.8 Å². The fourth-order valence-electron chi connectivity index (χ4n) is 2.78. The number of nitro groups is 1. The van der Waals surface area contributed by atoms with Crippen LogP contribution in [0.2, 0.25) is 0 Å². The Labute approximate surface area is 140 Å². The van der Waals surface area contributed by atoms with Crippen LogP contribution in [0.4, 0.5) is 5.69 Å². The molecule has 0 aliphatic heterocycles. The molecule has 2 aromatic rings. The van der Waals surface area contributed by atoms with Gasteiger partial charge in [-0.15, -0.1) is 0 Å². The standard InChI is InChI=1S/C17H22N4O3/c1-4-8-15(14-9-6-5-7-10-14)18-16(22)11-20-13(3)17(21(23)24)12(2)19-20/h5-7,9-10,15H,4,8,11H2,1-3H3,(H,18,22)/t15-/m1/s1. The van der Waals surface area contributed by atoms with Gasteiger partial charge in [0.15, 0.2) is 0 Å². The van der Waals surface area contributed by atoms with Crippen molar-refractivity contribution in [3.8, 4) is 0 Å². The molecule has 0 bridgehead atoms. The quantitative estimate of drug-likeness (QED) is 0.624. The summed E-state index contributed by atoms with van der Waals surface area (Å²) >= 11 is 0. The van der Waals surface area contributed by atoms with E-state index in [1.807, 2.05) is 30.3 Å². The summed E-state index contributed by atoms with van der Waals surface area (Å²) in [6, 6.07) is 9.70. The topological polar surface area (TPSA) is 90.1 Å². The summed E-state index contributed by atoms with van der Waals surface area (Å²) in [5, 5.41) is 18.2. The van der Waals surface area contributed by atoms with Crippen LogP contribution in [-0.4, -0.2) is 20.6 Å². The number of hydrogen-bond donors (Lipinski definition) is 1. The fourth-order valence-corrected chi connectivity index (χ4v) is 2.78. The summed E-state index contributed by atoms with van der Waals surface area (Å²) in [5.41, 5.74) is 1.72. The molecule has 128 valence electrons. The zero-order chi connectivity index (χ0) is 17.7. The number of carbonyl (C=O) groups excluding carboxylic acids is 1. The molecule has 2 rings (SSSR count). The number of nitrogens with zero attached hydrogens (tertiary/aromatic N) is 3. The molecule has 0 radical (unpaired) electrons. The summed E-state index contributed by atoms with van der Waals surface area (Å²) in [6.07, 6.45) is 1.76. The Morgan fingerprint density at radius 1 is 1.33 bits per heavy atom. The van der Waals surface area contributed by atoms with Gasteiger partial charge >= 0.3 is 5.69 Å². The molecular formula is C17H22N4O3. The number of rotatable bonds is 7. The highest BCUT2D eigenvalue weighted by molar-refractivity contribution is 5.76. The van der Waals surface area contributed by atoms with Crippen LogP contribution in [-0.2, 0) is 11.3 Å². The van der Waals surface area contributed by atoms with Gasteiger partial charge in [-0.3, -0.25) is 19.6 Å². The number of hydrogen-bond acceptors (Lipinski definition) is 4. The van der Waals surface area contributed by atoms with Gasteiger partial charge in [0.1, 0.15) is 17.9 Å². The number of benzene rings is 1. The van der Waals surface area contributed by atoms with E-state index in [0.717, 1.165) is 18.4 Å². The molecule has 0 saturated heterocycles. The minimum absolute atomic E-state index is 0.0315. The third-order valence-corrected chi connectivity index (χ3v) is 3.93. The third kappa shape index (κ3) is 3.98. The molecule has 1 heterocycles. The molecule has 0 fully saturated rings. The number of carbonyl (C=O) groups is 1. The van der Waals surface area contributed by atoms with Gasteiger partial charge in [0, 0.05) is 0 Å². The molecule has 1 N–H and O–H groups in total. The smallest absolute Gasteiger partial charge is 0.312 e. The maximum absolute atomic E-state index is 12.4. The first kappa shape index (κ1) is 17.7. The van der Waals surface area contributed by atoms with Crippen LogP contribution in [0.3, 0.4) is 0 Å². The summed E-state index contributed by atoms with van der Waals surface area (Å²) in [5.74, 6) is -0.210. The van der Waals surface area contributed by atoms with Gasteiger partial charge in [0.25, 0.3) is 0 Å². The van der Waals surface area contributed by atoms with E-state index in [2.05, 4.69) is 17.3 Å². The van der Waals surface area contributed by atoms with Crippen molar-refractivity contribution >= 4 is 11.6 Å². The first-order valence-electron chi connectivity index (χ1n) is 7.96. The number of amides is 1. The van der Waals surface area contributed by atoms with Crippen LogP contribution in [0.15, 0.2) is 30.3 Å². The molecule has 0 aliphatic carbocycles. The van der Waals surface area contributed by atoms with E-state index in [9.17, 15) is 14.9 Å². The normalized spacial score (nSPS) is 12.0. The summed E-state index contributed by atoms with van der Waals surface area (Å²) in [7, 11) is 0.